The van der Waals surface area contributed by atoms with Gasteiger partial charge in [0, 0.05) is 18.4 Å². The van der Waals surface area contributed by atoms with Crippen molar-refractivity contribution in [3.8, 4) is 0 Å². The van der Waals surface area contributed by atoms with Gasteiger partial charge in [0.15, 0.2) is 0 Å². The highest BCUT2D eigenvalue weighted by atomic mass is 16.1. The molecule has 1 aliphatic rings. The Morgan fingerprint density at radius 3 is 2.56 bits per heavy atom. The predicted molar refractivity (Wildman–Crippen MR) is 68.3 cm³/mol. The number of carbonyl (C=O) groups excluding carboxylic acids is 1. The zero-order valence-electron chi connectivity index (χ0n) is 10.3. The maximum absolute atomic E-state index is 11.7. The van der Waals surface area contributed by atoms with Crippen LogP contribution >= 0.6 is 0 Å². The molecule has 0 amide bonds. The van der Waals surface area contributed by atoms with Crippen LogP contribution < -0.4 is 5.73 Å². The van der Waals surface area contributed by atoms with Crippen LogP contribution in [0, 0.1) is 0 Å². The highest BCUT2D eigenvalue weighted by molar-refractivity contribution is 5.79. The van der Waals surface area contributed by atoms with Gasteiger partial charge >= 0.3 is 0 Å². The fourth-order valence-electron chi connectivity index (χ4n) is 2.52. The molecule has 16 heavy (non-hydrogen) atoms. The number of hydrogen-bond acceptors (Lipinski definition) is 2. The van der Waals surface area contributed by atoms with E-state index in [2.05, 4.69) is 6.58 Å². The summed E-state index contributed by atoms with van der Waals surface area (Å²) in [4.78, 5) is 11.7. The van der Waals surface area contributed by atoms with E-state index in [0.29, 0.717) is 12.2 Å². The average molecular weight is 223 g/mol. The molecule has 2 N–H and O–H groups in total. The lowest BCUT2D eigenvalue weighted by atomic mass is 9.90. The van der Waals surface area contributed by atoms with Crippen LogP contribution in [0.5, 0.6) is 0 Å². The number of nitrogens with two attached hydrogens (primary N) is 1. The lowest BCUT2D eigenvalue weighted by molar-refractivity contribution is -0.120. The van der Waals surface area contributed by atoms with Gasteiger partial charge in [-0.3, -0.25) is 4.79 Å². The fraction of sp³-hybridized carbons (Fsp3) is 0.786. The zero-order chi connectivity index (χ0) is 11.9. The van der Waals surface area contributed by atoms with E-state index >= 15 is 0 Å². The summed E-state index contributed by atoms with van der Waals surface area (Å²) in [6, 6.07) is 0. The van der Waals surface area contributed by atoms with Crippen LogP contribution in [0.15, 0.2) is 12.7 Å². The maximum atomic E-state index is 11.7. The molecule has 0 radical (unpaired) electrons. The van der Waals surface area contributed by atoms with Crippen molar-refractivity contribution in [2.75, 3.05) is 0 Å². The Morgan fingerprint density at radius 2 is 1.94 bits per heavy atom. The SMILES string of the molecule is C=CCCCCCC(=O)CC1(N)CCCC1. The van der Waals surface area contributed by atoms with E-state index in [0.717, 1.165) is 44.9 Å². The Labute approximate surface area is 99.3 Å². The summed E-state index contributed by atoms with van der Waals surface area (Å²) in [5.74, 6) is 0.364. The van der Waals surface area contributed by atoms with Crippen LogP contribution in [0.3, 0.4) is 0 Å². The standard InChI is InChI=1S/C14H25NO/c1-2-3-4-5-6-9-13(16)12-14(15)10-7-8-11-14/h2H,1,3-12,15H2. The highest BCUT2D eigenvalue weighted by Gasteiger charge is 2.31. The third kappa shape index (κ3) is 4.93. The monoisotopic (exact) mass is 223 g/mol. The third-order valence-electron chi connectivity index (χ3n) is 3.51. The first-order valence-corrected chi connectivity index (χ1v) is 6.58. The van der Waals surface area contributed by atoms with Crippen molar-refractivity contribution in [1.82, 2.24) is 0 Å². The van der Waals surface area contributed by atoms with Crippen molar-refractivity contribution in [3.63, 3.8) is 0 Å². The zero-order valence-corrected chi connectivity index (χ0v) is 10.3. The molecule has 1 rings (SSSR count). The average Bonchev–Trinajstić information content (AvgIpc) is 2.64. The molecule has 1 fully saturated rings. The van der Waals surface area contributed by atoms with E-state index in [4.69, 9.17) is 5.73 Å². The largest absolute Gasteiger partial charge is 0.325 e. The lowest BCUT2D eigenvalue weighted by Gasteiger charge is -2.22. The van der Waals surface area contributed by atoms with Gasteiger partial charge in [-0.15, -0.1) is 6.58 Å². The molecule has 0 bridgehead atoms. The summed E-state index contributed by atoms with van der Waals surface area (Å²) in [6.07, 6.45) is 12.1. The summed E-state index contributed by atoms with van der Waals surface area (Å²) in [7, 11) is 0. The number of Topliss-reactive ketones (excluding diaryl/α,β-unsaturated/α-hetero) is 1. The van der Waals surface area contributed by atoms with Gasteiger partial charge in [-0.25, -0.2) is 0 Å². The molecule has 1 aliphatic carbocycles. The topological polar surface area (TPSA) is 43.1 Å². The van der Waals surface area contributed by atoms with Crippen LogP contribution in [0.2, 0.25) is 0 Å². The molecular weight excluding hydrogens is 198 g/mol. The smallest absolute Gasteiger partial charge is 0.134 e. The molecule has 0 atom stereocenters. The minimum absolute atomic E-state index is 0.155. The Kier molecular flexibility index (Phi) is 5.75. The lowest BCUT2D eigenvalue weighted by Crippen LogP contribution is -2.38. The Balaban J connectivity index is 2.08. The van der Waals surface area contributed by atoms with Gasteiger partial charge < -0.3 is 5.73 Å². The molecule has 0 heterocycles. The molecule has 0 aliphatic heterocycles. The quantitative estimate of drug-likeness (QED) is 0.506. The number of unbranched alkanes of at least 4 members (excludes halogenated alkanes) is 3. The minimum Gasteiger partial charge on any atom is -0.325 e. The van der Waals surface area contributed by atoms with Crippen molar-refractivity contribution >= 4 is 5.78 Å². The van der Waals surface area contributed by atoms with Gasteiger partial charge in [0.1, 0.15) is 5.78 Å². The molecule has 0 saturated heterocycles. The summed E-state index contributed by atoms with van der Waals surface area (Å²) in [5.41, 5.74) is 6.02. The van der Waals surface area contributed by atoms with Gasteiger partial charge in [0.05, 0.1) is 0 Å². The molecule has 1 saturated carbocycles. The summed E-state index contributed by atoms with van der Waals surface area (Å²) in [6.45, 7) is 3.69. The highest BCUT2D eigenvalue weighted by Crippen LogP contribution is 2.30. The van der Waals surface area contributed by atoms with E-state index in [-0.39, 0.29) is 5.54 Å². The van der Waals surface area contributed by atoms with Gasteiger partial charge in [0.25, 0.3) is 0 Å². The van der Waals surface area contributed by atoms with Crippen LogP contribution in [0.25, 0.3) is 0 Å². The van der Waals surface area contributed by atoms with E-state index in [1.54, 1.807) is 0 Å². The molecule has 0 aromatic rings. The summed E-state index contributed by atoms with van der Waals surface area (Å²) >= 11 is 0. The Morgan fingerprint density at radius 1 is 1.25 bits per heavy atom. The second kappa shape index (κ2) is 6.85. The van der Waals surface area contributed by atoms with Crippen molar-refractivity contribution in [1.29, 1.82) is 0 Å². The second-order valence-corrected chi connectivity index (χ2v) is 5.17. The van der Waals surface area contributed by atoms with Crippen molar-refractivity contribution < 1.29 is 4.79 Å². The van der Waals surface area contributed by atoms with Gasteiger partial charge in [-0.05, 0) is 32.1 Å². The fourth-order valence-corrected chi connectivity index (χ4v) is 2.52. The van der Waals surface area contributed by atoms with E-state index in [9.17, 15) is 4.79 Å². The Bertz CT molecular complexity index is 229. The van der Waals surface area contributed by atoms with Gasteiger partial charge in [-0.1, -0.05) is 25.3 Å². The van der Waals surface area contributed by atoms with E-state index in [1.165, 1.54) is 12.8 Å². The summed E-state index contributed by atoms with van der Waals surface area (Å²) in [5, 5.41) is 0. The summed E-state index contributed by atoms with van der Waals surface area (Å²) < 4.78 is 0. The van der Waals surface area contributed by atoms with Gasteiger partial charge in [0.2, 0.25) is 0 Å². The number of ketones is 1. The maximum Gasteiger partial charge on any atom is 0.134 e. The number of rotatable bonds is 8. The molecule has 2 heteroatoms. The molecule has 0 aromatic carbocycles. The predicted octanol–water partition coefficient (Wildman–Crippen LogP) is 3.35. The van der Waals surface area contributed by atoms with E-state index in [1.807, 2.05) is 6.08 Å². The van der Waals surface area contributed by atoms with Gasteiger partial charge in [-0.2, -0.15) is 0 Å². The molecule has 92 valence electrons. The molecule has 0 aromatic heterocycles. The normalized spacial score (nSPS) is 18.6. The first-order valence-electron chi connectivity index (χ1n) is 6.58. The van der Waals surface area contributed by atoms with Crippen molar-refractivity contribution in [2.45, 2.75) is 69.7 Å². The van der Waals surface area contributed by atoms with Crippen molar-refractivity contribution in [3.05, 3.63) is 12.7 Å². The second-order valence-electron chi connectivity index (χ2n) is 5.17. The first-order chi connectivity index (χ1) is 7.66. The van der Waals surface area contributed by atoms with Crippen LogP contribution in [-0.2, 0) is 4.79 Å². The first kappa shape index (κ1) is 13.4. The molecule has 0 unspecified atom stereocenters. The Hall–Kier alpha value is -0.630. The minimum atomic E-state index is -0.155. The van der Waals surface area contributed by atoms with Crippen LogP contribution in [0.1, 0.15) is 64.2 Å². The van der Waals surface area contributed by atoms with Crippen LogP contribution in [-0.4, -0.2) is 11.3 Å². The molecule has 2 nitrogen and oxygen atoms in total. The number of hydrogen-bond donors (Lipinski definition) is 1. The number of carbonyl (C=O) groups is 1. The molecular formula is C14H25NO. The number of allylic oxidation sites excluding steroid dienone is 1. The third-order valence-corrected chi connectivity index (χ3v) is 3.51. The van der Waals surface area contributed by atoms with E-state index < -0.39 is 0 Å². The van der Waals surface area contributed by atoms with Crippen LogP contribution in [0.4, 0.5) is 0 Å². The molecule has 0 spiro atoms. The van der Waals surface area contributed by atoms with Crippen molar-refractivity contribution in [2.24, 2.45) is 5.73 Å².